The second-order valence-electron chi connectivity index (χ2n) is 4.32. The summed E-state index contributed by atoms with van der Waals surface area (Å²) in [5, 5.41) is 3.26. The first-order valence-electron chi connectivity index (χ1n) is 5.12. The normalized spacial score (nSPS) is 25.2. The van der Waals surface area contributed by atoms with Gasteiger partial charge in [0, 0.05) is 11.6 Å². The Morgan fingerprint density at radius 1 is 1.33 bits per heavy atom. The van der Waals surface area contributed by atoms with Crippen molar-refractivity contribution < 1.29 is 0 Å². The van der Waals surface area contributed by atoms with Crippen molar-refractivity contribution in [3.63, 3.8) is 0 Å². The number of nitrogens with two attached hydrogens (primary N) is 1. The summed E-state index contributed by atoms with van der Waals surface area (Å²) in [5.74, 6) is 0. The zero-order chi connectivity index (χ0) is 9.03. The molecule has 1 saturated carbocycles. The summed E-state index contributed by atoms with van der Waals surface area (Å²) in [6, 6.07) is 0.563. The van der Waals surface area contributed by atoms with E-state index in [2.05, 4.69) is 12.2 Å². The van der Waals surface area contributed by atoms with Crippen LogP contribution < -0.4 is 11.1 Å². The number of hydrogen-bond acceptors (Lipinski definition) is 2. The predicted molar refractivity (Wildman–Crippen MR) is 53.1 cm³/mol. The molecule has 0 radical (unpaired) electrons. The van der Waals surface area contributed by atoms with Crippen LogP contribution in [0.5, 0.6) is 0 Å². The van der Waals surface area contributed by atoms with Crippen molar-refractivity contribution in [3.8, 4) is 0 Å². The molecular weight excluding hydrogens is 148 g/mol. The Kier molecular flexibility index (Phi) is 3.53. The van der Waals surface area contributed by atoms with Gasteiger partial charge in [0.05, 0.1) is 0 Å². The van der Waals surface area contributed by atoms with Crippen LogP contribution >= 0.6 is 0 Å². The minimum absolute atomic E-state index is 0.140. The van der Waals surface area contributed by atoms with Gasteiger partial charge in [-0.2, -0.15) is 0 Å². The minimum atomic E-state index is 0.140. The molecule has 0 aliphatic heterocycles. The van der Waals surface area contributed by atoms with Gasteiger partial charge in [-0.25, -0.2) is 0 Å². The van der Waals surface area contributed by atoms with Crippen molar-refractivity contribution >= 4 is 0 Å². The zero-order valence-corrected chi connectivity index (χ0v) is 8.40. The number of rotatable bonds is 3. The maximum absolute atomic E-state index is 6.30. The van der Waals surface area contributed by atoms with E-state index in [4.69, 9.17) is 5.73 Å². The number of hydrogen-bond donors (Lipinski definition) is 2. The van der Waals surface area contributed by atoms with Gasteiger partial charge in [-0.05, 0) is 33.2 Å². The molecule has 0 heterocycles. The molecule has 0 saturated heterocycles. The van der Waals surface area contributed by atoms with E-state index in [1.807, 2.05) is 7.05 Å². The molecule has 0 aromatic rings. The van der Waals surface area contributed by atoms with Crippen molar-refractivity contribution in [2.45, 2.75) is 57.0 Å². The summed E-state index contributed by atoms with van der Waals surface area (Å²) in [7, 11) is 2.01. The Balaban J connectivity index is 2.35. The Morgan fingerprint density at radius 2 is 1.92 bits per heavy atom. The van der Waals surface area contributed by atoms with Crippen LogP contribution in [0.15, 0.2) is 0 Å². The molecule has 0 aromatic carbocycles. The highest BCUT2D eigenvalue weighted by Gasteiger charge is 2.28. The van der Waals surface area contributed by atoms with Gasteiger partial charge in [0.15, 0.2) is 0 Å². The van der Waals surface area contributed by atoms with E-state index in [1.165, 1.54) is 32.1 Å². The first-order chi connectivity index (χ1) is 5.66. The molecule has 12 heavy (non-hydrogen) atoms. The van der Waals surface area contributed by atoms with Crippen molar-refractivity contribution in [2.24, 2.45) is 5.73 Å². The highest BCUT2D eigenvalue weighted by atomic mass is 14.9. The number of nitrogens with one attached hydrogen (secondary N) is 1. The molecule has 1 rings (SSSR count). The van der Waals surface area contributed by atoms with Crippen molar-refractivity contribution in [3.05, 3.63) is 0 Å². The van der Waals surface area contributed by atoms with E-state index < -0.39 is 0 Å². The smallest absolute Gasteiger partial charge is 0.0169 e. The van der Waals surface area contributed by atoms with Gasteiger partial charge in [0.1, 0.15) is 0 Å². The molecule has 0 bridgehead atoms. The van der Waals surface area contributed by atoms with Gasteiger partial charge in [-0.3, -0.25) is 0 Å². The van der Waals surface area contributed by atoms with Gasteiger partial charge in [-0.1, -0.05) is 19.3 Å². The van der Waals surface area contributed by atoms with Crippen LogP contribution in [-0.4, -0.2) is 18.6 Å². The first-order valence-corrected chi connectivity index (χ1v) is 5.12. The van der Waals surface area contributed by atoms with Crippen LogP contribution in [0.25, 0.3) is 0 Å². The monoisotopic (exact) mass is 170 g/mol. The lowest BCUT2D eigenvalue weighted by Gasteiger charge is -2.35. The first kappa shape index (κ1) is 10.0. The molecule has 1 fully saturated rings. The van der Waals surface area contributed by atoms with Crippen molar-refractivity contribution in [2.75, 3.05) is 7.05 Å². The lowest BCUT2D eigenvalue weighted by molar-refractivity contribution is 0.256. The van der Waals surface area contributed by atoms with Crippen molar-refractivity contribution in [1.29, 1.82) is 0 Å². The summed E-state index contributed by atoms with van der Waals surface area (Å²) in [4.78, 5) is 0. The standard InChI is InChI=1S/C10H22N2/c1-9(12-2)8-10(11)6-4-3-5-7-10/h9,12H,3-8,11H2,1-2H3. The Morgan fingerprint density at radius 3 is 2.42 bits per heavy atom. The average molecular weight is 170 g/mol. The van der Waals surface area contributed by atoms with Crippen LogP contribution in [0.1, 0.15) is 45.4 Å². The van der Waals surface area contributed by atoms with E-state index in [0.717, 1.165) is 6.42 Å². The van der Waals surface area contributed by atoms with Gasteiger partial charge in [0.25, 0.3) is 0 Å². The van der Waals surface area contributed by atoms with E-state index in [1.54, 1.807) is 0 Å². The SMILES string of the molecule is CNC(C)CC1(N)CCCCC1. The third-order valence-corrected chi connectivity index (χ3v) is 3.05. The van der Waals surface area contributed by atoms with Gasteiger partial charge < -0.3 is 11.1 Å². The van der Waals surface area contributed by atoms with Crippen LogP contribution in [-0.2, 0) is 0 Å². The molecule has 1 aliphatic carbocycles. The summed E-state index contributed by atoms with van der Waals surface area (Å²) < 4.78 is 0. The highest BCUT2D eigenvalue weighted by Crippen LogP contribution is 2.29. The van der Waals surface area contributed by atoms with Gasteiger partial charge >= 0.3 is 0 Å². The summed E-state index contributed by atoms with van der Waals surface area (Å²) >= 11 is 0. The van der Waals surface area contributed by atoms with Gasteiger partial charge in [0.2, 0.25) is 0 Å². The Hall–Kier alpha value is -0.0800. The molecule has 0 amide bonds. The Labute approximate surface area is 75.9 Å². The molecule has 1 unspecified atom stereocenters. The Bertz CT molecular complexity index is 128. The molecule has 1 atom stereocenters. The van der Waals surface area contributed by atoms with Crippen LogP contribution in [0.3, 0.4) is 0 Å². The van der Waals surface area contributed by atoms with E-state index in [-0.39, 0.29) is 5.54 Å². The predicted octanol–water partition coefficient (Wildman–Crippen LogP) is 1.65. The summed E-state index contributed by atoms with van der Waals surface area (Å²) in [6.45, 7) is 2.21. The van der Waals surface area contributed by atoms with Crippen LogP contribution in [0.2, 0.25) is 0 Å². The van der Waals surface area contributed by atoms with Crippen molar-refractivity contribution in [1.82, 2.24) is 5.32 Å². The maximum atomic E-state index is 6.30. The lowest BCUT2D eigenvalue weighted by atomic mass is 9.78. The molecule has 72 valence electrons. The molecule has 1 aliphatic rings. The van der Waals surface area contributed by atoms with E-state index in [0.29, 0.717) is 6.04 Å². The average Bonchev–Trinajstić information content (AvgIpc) is 2.05. The molecule has 0 spiro atoms. The fraction of sp³-hybridized carbons (Fsp3) is 1.00. The second kappa shape index (κ2) is 4.24. The maximum Gasteiger partial charge on any atom is 0.0169 e. The van der Waals surface area contributed by atoms with Crippen LogP contribution in [0, 0.1) is 0 Å². The summed E-state index contributed by atoms with van der Waals surface area (Å²) in [6.07, 6.45) is 7.61. The minimum Gasteiger partial charge on any atom is -0.325 e. The molecule has 0 aromatic heterocycles. The molecule has 2 heteroatoms. The third-order valence-electron chi connectivity index (χ3n) is 3.05. The summed E-state index contributed by atoms with van der Waals surface area (Å²) in [5.41, 5.74) is 6.44. The topological polar surface area (TPSA) is 38.0 Å². The fourth-order valence-corrected chi connectivity index (χ4v) is 2.17. The highest BCUT2D eigenvalue weighted by molar-refractivity contribution is 4.89. The van der Waals surface area contributed by atoms with E-state index in [9.17, 15) is 0 Å². The third kappa shape index (κ3) is 2.76. The van der Waals surface area contributed by atoms with Gasteiger partial charge in [-0.15, -0.1) is 0 Å². The lowest BCUT2D eigenvalue weighted by Crippen LogP contribution is -2.46. The fourth-order valence-electron chi connectivity index (χ4n) is 2.17. The quantitative estimate of drug-likeness (QED) is 0.676. The van der Waals surface area contributed by atoms with Crippen LogP contribution in [0.4, 0.5) is 0 Å². The molecular formula is C10H22N2. The zero-order valence-electron chi connectivity index (χ0n) is 8.40. The molecule has 3 N–H and O–H groups in total. The second-order valence-corrected chi connectivity index (χ2v) is 4.32. The van der Waals surface area contributed by atoms with E-state index >= 15 is 0 Å². The molecule has 2 nitrogen and oxygen atoms in total. The largest absolute Gasteiger partial charge is 0.325 e.